The van der Waals surface area contributed by atoms with Crippen LogP contribution in [0, 0.1) is 11.3 Å². The highest BCUT2D eigenvalue weighted by Gasteiger charge is 2.41. The minimum Gasteiger partial charge on any atom is -0.496 e. The first-order valence-electron chi connectivity index (χ1n) is 4.60. The van der Waals surface area contributed by atoms with Crippen molar-refractivity contribution in [3.05, 3.63) is 17.6 Å². The van der Waals surface area contributed by atoms with Crippen LogP contribution >= 0.6 is 0 Å². The van der Waals surface area contributed by atoms with E-state index in [0.29, 0.717) is 5.41 Å². The van der Waals surface area contributed by atoms with E-state index < -0.39 is 0 Å². The van der Waals surface area contributed by atoms with Gasteiger partial charge in [0, 0.05) is 0 Å². The minimum atomic E-state index is 0.351. The lowest BCUT2D eigenvalue weighted by atomic mass is 9.58. The molecule has 1 nitrogen and oxygen atoms in total. The second-order valence-electron chi connectivity index (χ2n) is 4.01. The van der Waals surface area contributed by atoms with Gasteiger partial charge >= 0.3 is 0 Å². The van der Waals surface area contributed by atoms with Gasteiger partial charge in [0.15, 0.2) is 0 Å². The average Bonchev–Trinajstić information content (AvgIpc) is 2.03. The summed E-state index contributed by atoms with van der Waals surface area (Å²) in [6, 6.07) is 0. The molecule has 1 fully saturated rings. The topological polar surface area (TPSA) is 9.23 Å². The summed E-state index contributed by atoms with van der Waals surface area (Å²) in [4.78, 5) is 0. The van der Waals surface area contributed by atoms with Crippen molar-refractivity contribution in [1.29, 1.82) is 0 Å². The number of rotatable bonds is 2. The molecule has 0 aromatic rings. The lowest BCUT2D eigenvalue weighted by molar-refractivity contribution is 0.161. The molecule has 1 heteroatoms. The van der Waals surface area contributed by atoms with Crippen molar-refractivity contribution in [3.8, 4) is 0 Å². The zero-order valence-corrected chi connectivity index (χ0v) is 8.48. The van der Waals surface area contributed by atoms with Crippen molar-refractivity contribution in [3.63, 3.8) is 0 Å². The van der Waals surface area contributed by atoms with E-state index in [0.717, 1.165) is 5.92 Å². The second-order valence-corrected chi connectivity index (χ2v) is 4.01. The SMILES string of the molecule is CCC1CC(=C=COC)C1(C)C. The first-order valence-corrected chi connectivity index (χ1v) is 4.60. The zero-order chi connectivity index (χ0) is 9.19. The molecule has 0 saturated heterocycles. The van der Waals surface area contributed by atoms with Gasteiger partial charge in [-0.1, -0.05) is 32.9 Å². The Balaban J connectivity index is 2.71. The first kappa shape index (κ1) is 9.41. The molecule has 0 bridgehead atoms. The molecule has 0 amide bonds. The highest BCUT2D eigenvalue weighted by molar-refractivity contribution is 5.23. The Morgan fingerprint density at radius 2 is 2.33 bits per heavy atom. The van der Waals surface area contributed by atoms with Gasteiger partial charge in [0.1, 0.15) is 6.26 Å². The Morgan fingerprint density at radius 3 is 2.75 bits per heavy atom. The maximum atomic E-state index is 4.85. The fourth-order valence-corrected chi connectivity index (χ4v) is 1.91. The number of hydrogen-bond donors (Lipinski definition) is 0. The third-order valence-corrected chi connectivity index (χ3v) is 3.09. The lowest BCUT2D eigenvalue weighted by Gasteiger charge is -2.46. The van der Waals surface area contributed by atoms with Gasteiger partial charge in [0.05, 0.1) is 7.11 Å². The summed E-state index contributed by atoms with van der Waals surface area (Å²) in [5.74, 6) is 0.838. The maximum absolute atomic E-state index is 4.85. The van der Waals surface area contributed by atoms with Crippen LogP contribution in [0.2, 0.25) is 0 Å². The number of allylic oxidation sites excluding steroid dienone is 1. The van der Waals surface area contributed by atoms with Gasteiger partial charge < -0.3 is 4.74 Å². The van der Waals surface area contributed by atoms with Crippen molar-refractivity contribution in [2.75, 3.05) is 7.11 Å². The van der Waals surface area contributed by atoms with Crippen molar-refractivity contribution < 1.29 is 4.74 Å². The Hall–Kier alpha value is -0.680. The summed E-state index contributed by atoms with van der Waals surface area (Å²) < 4.78 is 4.85. The van der Waals surface area contributed by atoms with E-state index in [4.69, 9.17) is 4.74 Å². The Kier molecular flexibility index (Phi) is 2.64. The first-order chi connectivity index (χ1) is 5.62. The molecule has 1 atom stereocenters. The average molecular weight is 166 g/mol. The second kappa shape index (κ2) is 3.37. The van der Waals surface area contributed by atoms with Crippen LogP contribution in [-0.2, 0) is 4.74 Å². The molecule has 0 aromatic carbocycles. The van der Waals surface area contributed by atoms with Gasteiger partial charge in [-0.05, 0) is 23.3 Å². The minimum absolute atomic E-state index is 0.351. The fraction of sp³-hybridized carbons (Fsp3) is 0.727. The van der Waals surface area contributed by atoms with E-state index in [1.807, 2.05) is 0 Å². The van der Waals surface area contributed by atoms with Gasteiger partial charge in [-0.15, -0.1) is 0 Å². The molecule has 1 unspecified atom stereocenters. The van der Waals surface area contributed by atoms with E-state index in [1.165, 1.54) is 18.4 Å². The maximum Gasteiger partial charge on any atom is 0.125 e. The van der Waals surface area contributed by atoms with Crippen LogP contribution in [0.5, 0.6) is 0 Å². The van der Waals surface area contributed by atoms with Crippen LogP contribution in [0.4, 0.5) is 0 Å². The fourth-order valence-electron chi connectivity index (χ4n) is 1.91. The highest BCUT2D eigenvalue weighted by Crippen LogP contribution is 2.51. The number of hydrogen-bond acceptors (Lipinski definition) is 1. The Bertz CT molecular complexity index is 219. The van der Waals surface area contributed by atoms with E-state index in [1.54, 1.807) is 13.4 Å². The van der Waals surface area contributed by atoms with Gasteiger partial charge in [-0.2, -0.15) is 0 Å². The number of ether oxygens (including phenoxy) is 1. The molecule has 0 radical (unpaired) electrons. The lowest BCUT2D eigenvalue weighted by Crippen LogP contribution is -2.36. The predicted molar refractivity (Wildman–Crippen MR) is 50.8 cm³/mol. The molecule has 0 aliphatic heterocycles. The summed E-state index contributed by atoms with van der Waals surface area (Å²) in [5.41, 5.74) is 4.94. The van der Waals surface area contributed by atoms with Crippen molar-refractivity contribution in [2.24, 2.45) is 11.3 Å². The summed E-state index contributed by atoms with van der Waals surface area (Å²) in [7, 11) is 1.66. The van der Waals surface area contributed by atoms with Crippen LogP contribution in [0.3, 0.4) is 0 Å². The predicted octanol–water partition coefficient (Wildman–Crippen LogP) is 3.13. The molecule has 0 aromatic heterocycles. The smallest absolute Gasteiger partial charge is 0.125 e. The molecule has 1 aliphatic rings. The summed E-state index contributed by atoms with van der Waals surface area (Å²) in [6.45, 7) is 6.83. The van der Waals surface area contributed by atoms with Crippen LogP contribution in [0.1, 0.15) is 33.6 Å². The molecular weight excluding hydrogens is 148 g/mol. The third-order valence-electron chi connectivity index (χ3n) is 3.09. The van der Waals surface area contributed by atoms with E-state index in [-0.39, 0.29) is 0 Å². The number of methoxy groups -OCH3 is 1. The Morgan fingerprint density at radius 1 is 1.67 bits per heavy atom. The summed E-state index contributed by atoms with van der Waals surface area (Å²) >= 11 is 0. The van der Waals surface area contributed by atoms with Crippen LogP contribution in [-0.4, -0.2) is 7.11 Å². The summed E-state index contributed by atoms with van der Waals surface area (Å²) in [5, 5.41) is 0. The van der Waals surface area contributed by atoms with E-state index >= 15 is 0 Å². The quantitative estimate of drug-likeness (QED) is 0.452. The Labute approximate surface area is 75.1 Å². The van der Waals surface area contributed by atoms with E-state index in [2.05, 4.69) is 26.5 Å². The van der Waals surface area contributed by atoms with E-state index in [9.17, 15) is 0 Å². The summed E-state index contributed by atoms with van der Waals surface area (Å²) in [6.07, 6.45) is 4.12. The molecule has 1 aliphatic carbocycles. The molecule has 0 spiro atoms. The molecule has 12 heavy (non-hydrogen) atoms. The van der Waals surface area contributed by atoms with Gasteiger partial charge in [0.25, 0.3) is 0 Å². The van der Waals surface area contributed by atoms with Crippen molar-refractivity contribution >= 4 is 0 Å². The normalized spacial score (nSPS) is 25.7. The molecule has 1 saturated carbocycles. The zero-order valence-electron chi connectivity index (χ0n) is 8.48. The van der Waals surface area contributed by atoms with Gasteiger partial charge in [-0.3, -0.25) is 0 Å². The molecule has 0 heterocycles. The molecule has 0 N–H and O–H groups in total. The molecular formula is C11H18O. The molecule has 68 valence electrons. The van der Waals surface area contributed by atoms with Crippen LogP contribution in [0.15, 0.2) is 17.6 Å². The standard InChI is InChI=1S/C11H18O/c1-5-9-8-10(6-7-12-4)11(9,2)3/h7,9H,5,8H2,1-4H3. The van der Waals surface area contributed by atoms with Gasteiger partial charge in [0.2, 0.25) is 0 Å². The van der Waals surface area contributed by atoms with Gasteiger partial charge in [-0.25, -0.2) is 0 Å². The van der Waals surface area contributed by atoms with Crippen molar-refractivity contribution in [2.45, 2.75) is 33.6 Å². The highest BCUT2D eigenvalue weighted by atomic mass is 16.5. The molecule has 1 rings (SSSR count). The monoisotopic (exact) mass is 166 g/mol. The largest absolute Gasteiger partial charge is 0.496 e. The van der Waals surface area contributed by atoms with Crippen molar-refractivity contribution in [1.82, 2.24) is 0 Å². The van der Waals surface area contributed by atoms with Crippen LogP contribution in [0.25, 0.3) is 0 Å². The van der Waals surface area contributed by atoms with Crippen LogP contribution < -0.4 is 0 Å². The third kappa shape index (κ3) is 1.42.